The lowest BCUT2D eigenvalue weighted by atomic mass is 10.2. The molecule has 1 amide bonds. The van der Waals surface area contributed by atoms with Gasteiger partial charge in [-0.3, -0.25) is 14.2 Å². The first-order chi connectivity index (χ1) is 14.9. The summed E-state index contributed by atoms with van der Waals surface area (Å²) >= 11 is 7.35. The van der Waals surface area contributed by atoms with Crippen molar-refractivity contribution in [1.82, 2.24) is 14.5 Å². The number of thioether (sulfide) groups is 1. The quantitative estimate of drug-likeness (QED) is 0.345. The summed E-state index contributed by atoms with van der Waals surface area (Å²) in [6, 6.07) is 12.8. The summed E-state index contributed by atoms with van der Waals surface area (Å²) in [6.07, 6.45) is 0.792. The second-order valence-corrected chi connectivity index (χ2v) is 8.51. The maximum atomic E-state index is 12.9. The van der Waals surface area contributed by atoms with Crippen LogP contribution in [0.2, 0.25) is 5.02 Å². The second kappa shape index (κ2) is 10.7. The Morgan fingerprint density at radius 3 is 2.61 bits per heavy atom. The number of benzene rings is 2. The fraction of sp³-hybridized carbons (Fsp3) is 0.348. The highest BCUT2D eigenvalue weighted by Gasteiger charge is 2.15. The first kappa shape index (κ1) is 23.2. The van der Waals surface area contributed by atoms with Crippen molar-refractivity contribution in [3.05, 3.63) is 63.4 Å². The number of hydrogen-bond acceptors (Lipinski definition) is 5. The molecule has 0 atom stereocenters. The Morgan fingerprint density at radius 1 is 1.19 bits per heavy atom. The van der Waals surface area contributed by atoms with Crippen molar-refractivity contribution in [1.29, 1.82) is 0 Å². The number of halogens is 1. The number of nitrogens with zero attached hydrogens (tertiary/aromatic N) is 3. The highest BCUT2D eigenvalue weighted by atomic mass is 35.5. The van der Waals surface area contributed by atoms with Gasteiger partial charge in [0.1, 0.15) is 5.75 Å². The summed E-state index contributed by atoms with van der Waals surface area (Å²) in [4.78, 5) is 31.9. The van der Waals surface area contributed by atoms with Gasteiger partial charge in [0.25, 0.3) is 5.56 Å². The van der Waals surface area contributed by atoms with Gasteiger partial charge in [0, 0.05) is 25.2 Å². The minimum Gasteiger partial charge on any atom is -0.494 e. The predicted octanol–water partition coefficient (Wildman–Crippen LogP) is 4.61. The van der Waals surface area contributed by atoms with Crippen LogP contribution >= 0.6 is 23.4 Å². The van der Waals surface area contributed by atoms with Gasteiger partial charge in [-0.15, -0.1) is 0 Å². The standard InChI is InChI=1S/C23H26ClN3O3S/c1-4-12-27-22(29)19-11-8-17(24)13-20(19)25-23(27)31-15-21(28)26(3)14-16-6-9-18(10-7-16)30-5-2/h6-11,13H,4-5,12,14-15H2,1-3H3. The van der Waals surface area contributed by atoms with E-state index in [4.69, 9.17) is 16.3 Å². The van der Waals surface area contributed by atoms with E-state index in [9.17, 15) is 9.59 Å². The molecule has 31 heavy (non-hydrogen) atoms. The van der Waals surface area contributed by atoms with Crippen LogP contribution < -0.4 is 10.3 Å². The number of carbonyl (C=O) groups excluding carboxylic acids is 1. The average Bonchev–Trinajstić information content (AvgIpc) is 2.75. The Kier molecular flexibility index (Phi) is 7.98. The van der Waals surface area contributed by atoms with Gasteiger partial charge in [-0.05, 0) is 49.2 Å². The lowest BCUT2D eigenvalue weighted by Gasteiger charge is -2.18. The average molecular weight is 460 g/mol. The van der Waals surface area contributed by atoms with E-state index in [0.29, 0.717) is 40.8 Å². The molecule has 3 aromatic rings. The van der Waals surface area contributed by atoms with Crippen molar-refractivity contribution in [2.75, 3.05) is 19.4 Å². The Labute approximate surface area is 191 Å². The SMILES string of the molecule is CCCn1c(SCC(=O)N(C)Cc2ccc(OCC)cc2)nc2cc(Cl)ccc2c1=O. The first-order valence-electron chi connectivity index (χ1n) is 10.2. The van der Waals surface area contributed by atoms with Crippen molar-refractivity contribution in [3.8, 4) is 5.75 Å². The third-order valence-corrected chi connectivity index (χ3v) is 5.93. The molecule has 0 N–H and O–H groups in total. The van der Waals surface area contributed by atoms with Crippen LogP contribution in [0.1, 0.15) is 25.8 Å². The predicted molar refractivity (Wildman–Crippen MR) is 126 cm³/mol. The Bertz CT molecular complexity index is 1120. The summed E-state index contributed by atoms with van der Waals surface area (Å²) in [5.74, 6) is 0.963. The van der Waals surface area contributed by atoms with Crippen LogP contribution in [0, 0.1) is 0 Å². The largest absolute Gasteiger partial charge is 0.494 e. The number of rotatable bonds is 9. The van der Waals surface area contributed by atoms with Crippen molar-refractivity contribution in [2.45, 2.75) is 38.5 Å². The molecule has 3 rings (SSSR count). The van der Waals surface area contributed by atoms with Crippen molar-refractivity contribution < 1.29 is 9.53 Å². The molecule has 2 aromatic carbocycles. The Hall–Kier alpha value is -2.51. The van der Waals surface area contributed by atoms with Crippen LogP contribution in [0.15, 0.2) is 52.4 Å². The van der Waals surface area contributed by atoms with E-state index in [2.05, 4.69) is 4.98 Å². The molecule has 0 fully saturated rings. The molecule has 0 aliphatic carbocycles. The minimum atomic E-state index is -0.110. The van der Waals surface area contributed by atoms with Gasteiger partial charge in [-0.2, -0.15) is 0 Å². The third kappa shape index (κ3) is 5.80. The number of aromatic nitrogens is 2. The maximum Gasteiger partial charge on any atom is 0.262 e. The molecule has 1 aromatic heterocycles. The third-order valence-electron chi connectivity index (χ3n) is 4.73. The number of hydrogen-bond donors (Lipinski definition) is 0. The van der Waals surface area contributed by atoms with Crippen molar-refractivity contribution in [3.63, 3.8) is 0 Å². The van der Waals surface area contributed by atoms with Crippen LogP contribution in [0.25, 0.3) is 10.9 Å². The van der Waals surface area contributed by atoms with Gasteiger partial charge in [0.2, 0.25) is 5.91 Å². The van der Waals surface area contributed by atoms with E-state index < -0.39 is 0 Å². The van der Waals surface area contributed by atoms with Gasteiger partial charge in [0.05, 0.1) is 23.3 Å². The van der Waals surface area contributed by atoms with E-state index >= 15 is 0 Å². The fourth-order valence-electron chi connectivity index (χ4n) is 3.16. The molecule has 8 heteroatoms. The zero-order valence-electron chi connectivity index (χ0n) is 17.9. The van der Waals surface area contributed by atoms with Gasteiger partial charge in [-0.1, -0.05) is 42.4 Å². The zero-order valence-corrected chi connectivity index (χ0v) is 19.5. The molecule has 6 nitrogen and oxygen atoms in total. The smallest absolute Gasteiger partial charge is 0.262 e. The summed E-state index contributed by atoms with van der Waals surface area (Å²) in [7, 11) is 1.77. The zero-order chi connectivity index (χ0) is 22.4. The molecular weight excluding hydrogens is 434 g/mol. The molecule has 0 spiro atoms. The van der Waals surface area contributed by atoms with Gasteiger partial charge >= 0.3 is 0 Å². The fourth-order valence-corrected chi connectivity index (χ4v) is 4.29. The summed E-state index contributed by atoms with van der Waals surface area (Å²) in [5, 5.41) is 1.58. The van der Waals surface area contributed by atoms with Crippen LogP contribution in [-0.2, 0) is 17.9 Å². The van der Waals surface area contributed by atoms with Crippen LogP contribution in [0.3, 0.4) is 0 Å². The normalized spacial score (nSPS) is 11.0. The molecule has 0 aliphatic rings. The van der Waals surface area contributed by atoms with Gasteiger partial charge in [-0.25, -0.2) is 4.98 Å². The monoisotopic (exact) mass is 459 g/mol. The minimum absolute atomic E-state index is 0.0395. The first-order valence-corrected chi connectivity index (χ1v) is 11.6. The highest BCUT2D eigenvalue weighted by molar-refractivity contribution is 7.99. The van der Waals surface area contributed by atoms with E-state index in [1.54, 1.807) is 34.7 Å². The molecule has 0 saturated carbocycles. The molecule has 0 bridgehead atoms. The Balaban J connectivity index is 1.72. The second-order valence-electron chi connectivity index (χ2n) is 7.13. The van der Waals surface area contributed by atoms with Crippen LogP contribution in [0.4, 0.5) is 0 Å². The van der Waals surface area contributed by atoms with Crippen molar-refractivity contribution >= 4 is 40.2 Å². The van der Waals surface area contributed by atoms with E-state index in [-0.39, 0.29) is 17.2 Å². The number of amides is 1. The van der Waals surface area contributed by atoms with E-state index in [1.807, 2.05) is 38.1 Å². The van der Waals surface area contributed by atoms with E-state index in [1.165, 1.54) is 11.8 Å². The lowest BCUT2D eigenvalue weighted by Crippen LogP contribution is -2.29. The summed E-state index contributed by atoms with van der Waals surface area (Å²) in [6.45, 7) is 5.60. The lowest BCUT2D eigenvalue weighted by molar-refractivity contribution is -0.127. The maximum absolute atomic E-state index is 12.9. The van der Waals surface area contributed by atoms with E-state index in [0.717, 1.165) is 17.7 Å². The van der Waals surface area contributed by atoms with Gasteiger partial charge < -0.3 is 9.64 Å². The molecular formula is C23H26ClN3O3S. The topological polar surface area (TPSA) is 64.4 Å². The molecule has 164 valence electrons. The summed E-state index contributed by atoms with van der Waals surface area (Å²) < 4.78 is 7.09. The number of carbonyl (C=O) groups is 1. The number of fused-ring (bicyclic) bond motifs is 1. The Morgan fingerprint density at radius 2 is 1.94 bits per heavy atom. The molecule has 0 saturated heterocycles. The van der Waals surface area contributed by atoms with Crippen molar-refractivity contribution in [2.24, 2.45) is 0 Å². The molecule has 1 heterocycles. The van der Waals surface area contributed by atoms with Crippen LogP contribution in [-0.4, -0.2) is 39.8 Å². The highest BCUT2D eigenvalue weighted by Crippen LogP contribution is 2.21. The molecule has 0 radical (unpaired) electrons. The van der Waals surface area contributed by atoms with Crippen LogP contribution in [0.5, 0.6) is 5.75 Å². The number of ether oxygens (including phenoxy) is 1. The van der Waals surface area contributed by atoms with Gasteiger partial charge in [0.15, 0.2) is 5.16 Å². The molecule has 0 unspecified atom stereocenters. The summed E-state index contributed by atoms with van der Waals surface area (Å²) in [5.41, 5.74) is 1.45. The molecule has 0 aliphatic heterocycles.